The summed E-state index contributed by atoms with van der Waals surface area (Å²) < 4.78 is 8.18. The maximum absolute atomic E-state index is 5.96. The predicted octanol–water partition coefficient (Wildman–Crippen LogP) is 4.04. The average Bonchev–Trinajstić information content (AvgIpc) is 3.49. The molecule has 0 bridgehead atoms. The maximum Gasteiger partial charge on any atom is 0.170 e. The van der Waals surface area contributed by atoms with E-state index in [1.807, 2.05) is 42.7 Å². The first kappa shape index (κ1) is 20.2. The SMILES string of the molecule is Cc1cc([C@@H]2[C@H](c3ccccn3)NC(=S)N2C[C@H]2CCCO2)c(C)n1-c1ccccn1. The summed E-state index contributed by atoms with van der Waals surface area (Å²) in [6.07, 6.45) is 6.08. The monoisotopic (exact) mass is 433 g/mol. The molecular weight excluding hydrogens is 406 g/mol. The van der Waals surface area contributed by atoms with Crippen LogP contribution in [0.3, 0.4) is 0 Å². The first-order valence-corrected chi connectivity index (χ1v) is 11.2. The summed E-state index contributed by atoms with van der Waals surface area (Å²) in [4.78, 5) is 11.5. The van der Waals surface area contributed by atoms with Gasteiger partial charge in [0.05, 0.1) is 23.9 Å². The van der Waals surface area contributed by atoms with Crippen molar-refractivity contribution in [1.82, 2.24) is 24.8 Å². The van der Waals surface area contributed by atoms with Gasteiger partial charge in [-0.05, 0) is 74.8 Å². The highest BCUT2D eigenvalue weighted by Gasteiger charge is 2.42. The second-order valence-electron chi connectivity index (χ2n) is 8.26. The summed E-state index contributed by atoms with van der Waals surface area (Å²) in [5.41, 5.74) is 4.56. The van der Waals surface area contributed by atoms with Crippen molar-refractivity contribution in [1.29, 1.82) is 0 Å². The predicted molar refractivity (Wildman–Crippen MR) is 124 cm³/mol. The zero-order chi connectivity index (χ0) is 21.4. The van der Waals surface area contributed by atoms with Crippen LogP contribution in [0, 0.1) is 13.8 Å². The van der Waals surface area contributed by atoms with E-state index < -0.39 is 0 Å². The highest BCUT2D eigenvalue weighted by molar-refractivity contribution is 7.80. The van der Waals surface area contributed by atoms with Crippen LogP contribution in [-0.2, 0) is 4.74 Å². The van der Waals surface area contributed by atoms with E-state index in [0.29, 0.717) is 0 Å². The first-order valence-electron chi connectivity index (χ1n) is 10.8. The van der Waals surface area contributed by atoms with Gasteiger partial charge in [0.25, 0.3) is 0 Å². The van der Waals surface area contributed by atoms with Crippen LogP contribution in [0.25, 0.3) is 5.82 Å². The van der Waals surface area contributed by atoms with E-state index in [-0.39, 0.29) is 18.2 Å². The van der Waals surface area contributed by atoms with E-state index >= 15 is 0 Å². The molecule has 160 valence electrons. The van der Waals surface area contributed by atoms with Crippen molar-refractivity contribution in [3.8, 4) is 5.82 Å². The van der Waals surface area contributed by atoms with Crippen molar-refractivity contribution in [2.24, 2.45) is 0 Å². The number of nitrogens with one attached hydrogen (secondary N) is 1. The lowest BCUT2D eigenvalue weighted by Crippen LogP contribution is -2.36. The number of hydrogen-bond acceptors (Lipinski definition) is 4. The van der Waals surface area contributed by atoms with Crippen LogP contribution in [0.2, 0.25) is 0 Å². The van der Waals surface area contributed by atoms with Crippen molar-refractivity contribution in [2.75, 3.05) is 13.2 Å². The van der Waals surface area contributed by atoms with E-state index in [4.69, 9.17) is 17.0 Å². The van der Waals surface area contributed by atoms with Crippen LogP contribution in [0.5, 0.6) is 0 Å². The zero-order valence-corrected chi connectivity index (χ0v) is 18.7. The second kappa shape index (κ2) is 8.40. The smallest absolute Gasteiger partial charge is 0.170 e. The summed E-state index contributed by atoms with van der Waals surface area (Å²) in [5.74, 6) is 0.928. The molecule has 0 spiro atoms. The molecule has 5 heterocycles. The molecule has 7 heteroatoms. The Bertz CT molecular complexity index is 1060. The molecule has 3 aromatic rings. The van der Waals surface area contributed by atoms with Crippen molar-refractivity contribution in [2.45, 2.75) is 44.9 Å². The standard InChI is InChI=1S/C24H27N5OS/c1-16-14-19(17(2)29(16)21-10-4-6-12-26-21)23-22(20-9-3-5-11-25-20)27-24(31)28(23)15-18-8-7-13-30-18/h3-6,9-12,14,18,22-23H,7-8,13,15H2,1-2H3,(H,27,31)/t18-,22+,23-/m1/s1. The normalized spacial score (nSPS) is 23.4. The fourth-order valence-electron chi connectivity index (χ4n) is 4.87. The molecule has 3 atom stereocenters. The Morgan fingerprint density at radius 2 is 1.94 bits per heavy atom. The second-order valence-corrected chi connectivity index (χ2v) is 8.65. The van der Waals surface area contributed by atoms with Gasteiger partial charge in [-0.25, -0.2) is 4.98 Å². The van der Waals surface area contributed by atoms with E-state index in [1.165, 1.54) is 11.3 Å². The highest BCUT2D eigenvalue weighted by Crippen LogP contribution is 2.41. The Balaban J connectivity index is 1.59. The minimum absolute atomic E-state index is 0.0206. The van der Waals surface area contributed by atoms with Crippen LogP contribution in [0.15, 0.2) is 54.9 Å². The van der Waals surface area contributed by atoms with Gasteiger partial charge >= 0.3 is 0 Å². The van der Waals surface area contributed by atoms with Crippen LogP contribution in [-0.4, -0.2) is 43.8 Å². The third-order valence-electron chi connectivity index (χ3n) is 6.29. The number of nitrogens with zero attached hydrogens (tertiary/aromatic N) is 4. The van der Waals surface area contributed by atoms with Gasteiger partial charge in [-0.2, -0.15) is 0 Å². The third kappa shape index (κ3) is 3.72. The van der Waals surface area contributed by atoms with Crippen LogP contribution >= 0.6 is 12.2 Å². The summed E-state index contributed by atoms with van der Waals surface area (Å²) in [6, 6.07) is 14.3. The molecule has 2 aliphatic heterocycles. The lowest BCUT2D eigenvalue weighted by atomic mass is 9.96. The molecule has 0 radical (unpaired) electrons. The number of ether oxygens (including phenoxy) is 1. The van der Waals surface area contributed by atoms with Gasteiger partial charge in [0.15, 0.2) is 5.11 Å². The fourth-order valence-corrected chi connectivity index (χ4v) is 5.19. The number of aryl methyl sites for hydroxylation is 1. The fraction of sp³-hybridized carbons (Fsp3) is 0.375. The number of aromatic nitrogens is 3. The van der Waals surface area contributed by atoms with Crippen LogP contribution in [0.4, 0.5) is 0 Å². The van der Waals surface area contributed by atoms with Gasteiger partial charge in [-0.3, -0.25) is 4.98 Å². The largest absolute Gasteiger partial charge is 0.376 e. The molecule has 0 unspecified atom stereocenters. The summed E-state index contributed by atoms with van der Waals surface area (Å²) >= 11 is 5.82. The molecule has 31 heavy (non-hydrogen) atoms. The lowest BCUT2D eigenvalue weighted by molar-refractivity contribution is 0.0842. The third-order valence-corrected chi connectivity index (χ3v) is 6.64. The van der Waals surface area contributed by atoms with Crippen LogP contribution < -0.4 is 5.32 Å². The Morgan fingerprint density at radius 3 is 2.61 bits per heavy atom. The molecule has 0 saturated carbocycles. The molecule has 1 N–H and O–H groups in total. The Morgan fingerprint density at radius 1 is 1.13 bits per heavy atom. The number of pyridine rings is 2. The Hall–Kier alpha value is -2.77. The first-order chi connectivity index (χ1) is 15.1. The van der Waals surface area contributed by atoms with E-state index in [1.54, 1.807) is 0 Å². The summed E-state index contributed by atoms with van der Waals surface area (Å²) in [6.45, 7) is 5.92. The molecule has 0 aromatic carbocycles. The molecule has 3 aromatic heterocycles. The van der Waals surface area contributed by atoms with Crippen molar-refractivity contribution in [3.05, 3.63) is 77.5 Å². The molecular formula is C24H27N5OS. The Labute approximate surface area is 188 Å². The minimum Gasteiger partial charge on any atom is -0.376 e. The summed E-state index contributed by atoms with van der Waals surface area (Å²) in [7, 11) is 0. The molecule has 0 amide bonds. The highest BCUT2D eigenvalue weighted by atomic mass is 32.1. The lowest BCUT2D eigenvalue weighted by Gasteiger charge is -2.30. The average molecular weight is 434 g/mol. The van der Waals surface area contributed by atoms with Gasteiger partial charge in [0.2, 0.25) is 0 Å². The molecule has 2 fully saturated rings. The molecule has 6 nitrogen and oxygen atoms in total. The molecule has 2 saturated heterocycles. The van der Waals surface area contributed by atoms with Crippen molar-refractivity contribution >= 4 is 17.3 Å². The minimum atomic E-state index is -0.0206. The van der Waals surface area contributed by atoms with Crippen molar-refractivity contribution < 1.29 is 4.74 Å². The number of hydrogen-bond donors (Lipinski definition) is 1. The Kier molecular flexibility index (Phi) is 5.46. The van der Waals surface area contributed by atoms with Crippen molar-refractivity contribution in [3.63, 3.8) is 0 Å². The van der Waals surface area contributed by atoms with Gasteiger partial charge in [-0.15, -0.1) is 0 Å². The van der Waals surface area contributed by atoms with E-state index in [0.717, 1.165) is 48.3 Å². The molecule has 2 aliphatic rings. The topological polar surface area (TPSA) is 55.2 Å². The maximum atomic E-state index is 5.96. The van der Waals surface area contributed by atoms with Gasteiger partial charge in [-0.1, -0.05) is 12.1 Å². The van der Waals surface area contributed by atoms with Gasteiger partial charge < -0.3 is 19.5 Å². The van der Waals surface area contributed by atoms with E-state index in [2.05, 4.69) is 50.7 Å². The van der Waals surface area contributed by atoms with Gasteiger partial charge in [0.1, 0.15) is 5.82 Å². The molecule has 5 rings (SSSR count). The van der Waals surface area contributed by atoms with Gasteiger partial charge in [0, 0.05) is 36.9 Å². The number of thiocarbonyl (C=S) groups is 1. The van der Waals surface area contributed by atoms with Crippen LogP contribution in [0.1, 0.15) is 47.6 Å². The number of rotatable bonds is 5. The zero-order valence-electron chi connectivity index (χ0n) is 17.9. The van der Waals surface area contributed by atoms with E-state index in [9.17, 15) is 0 Å². The summed E-state index contributed by atoms with van der Waals surface area (Å²) in [5, 5.41) is 4.32. The quantitative estimate of drug-likeness (QED) is 0.613. The molecule has 0 aliphatic carbocycles.